The number of phenols is 1. The van der Waals surface area contributed by atoms with Crippen molar-refractivity contribution in [2.45, 2.75) is 13.2 Å². The minimum absolute atomic E-state index is 0.180. The molecular formula is C10H13NO3. The van der Waals surface area contributed by atoms with Crippen molar-refractivity contribution in [2.75, 3.05) is 18.1 Å². The first kappa shape index (κ1) is 9.15. The maximum Gasteiger partial charge on any atom is 0.143 e. The highest BCUT2D eigenvalue weighted by atomic mass is 16.5. The summed E-state index contributed by atoms with van der Waals surface area (Å²) in [5, 5.41) is 18.8. The van der Waals surface area contributed by atoms with Gasteiger partial charge in [-0.05, 0) is 19.1 Å². The largest absolute Gasteiger partial charge is 0.508 e. The van der Waals surface area contributed by atoms with Crippen molar-refractivity contribution in [2.24, 2.45) is 0 Å². The number of aromatic hydroxyl groups is 1. The number of nitrogens with zero attached hydrogens (tertiary/aromatic N) is 1. The van der Waals surface area contributed by atoms with Crippen LogP contribution in [-0.2, 0) is 0 Å². The Balaban J connectivity index is 2.41. The van der Waals surface area contributed by atoms with Crippen LogP contribution in [-0.4, -0.2) is 29.6 Å². The second-order valence-electron chi connectivity index (χ2n) is 3.33. The molecule has 1 heterocycles. The fourth-order valence-electron chi connectivity index (χ4n) is 1.61. The lowest BCUT2D eigenvalue weighted by Crippen LogP contribution is -2.39. The Morgan fingerprint density at radius 2 is 2.29 bits per heavy atom. The third kappa shape index (κ3) is 1.48. The Kier molecular flexibility index (Phi) is 2.21. The maximum absolute atomic E-state index is 9.50. The molecule has 1 aliphatic heterocycles. The summed E-state index contributed by atoms with van der Waals surface area (Å²) in [5.41, 5.74) is 0.742. The topological polar surface area (TPSA) is 52.9 Å². The number of rotatable bonds is 1. The third-order valence-corrected chi connectivity index (χ3v) is 2.29. The minimum Gasteiger partial charge on any atom is -0.508 e. The van der Waals surface area contributed by atoms with Gasteiger partial charge in [0.15, 0.2) is 0 Å². The Hall–Kier alpha value is -1.42. The van der Waals surface area contributed by atoms with E-state index in [1.54, 1.807) is 30.0 Å². The molecule has 0 spiro atoms. The van der Waals surface area contributed by atoms with Gasteiger partial charge in [0.25, 0.3) is 0 Å². The first-order valence-corrected chi connectivity index (χ1v) is 4.59. The van der Waals surface area contributed by atoms with Gasteiger partial charge >= 0.3 is 0 Å². The maximum atomic E-state index is 9.50. The summed E-state index contributed by atoms with van der Waals surface area (Å²) in [7, 11) is 0. The molecule has 4 nitrogen and oxygen atoms in total. The molecule has 0 saturated carbocycles. The standard InChI is InChI=1S/C10H13NO3/c1-7(12)11-4-5-14-10-3-2-8(13)6-9(10)11/h2-3,6-7,12-13H,4-5H2,1H3. The Labute approximate surface area is 82.3 Å². The summed E-state index contributed by atoms with van der Waals surface area (Å²) in [6.07, 6.45) is -0.570. The van der Waals surface area contributed by atoms with Crippen molar-refractivity contribution >= 4 is 5.69 Å². The van der Waals surface area contributed by atoms with Crippen molar-refractivity contribution in [3.8, 4) is 11.5 Å². The molecule has 1 aromatic rings. The van der Waals surface area contributed by atoms with Gasteiger partial charge in [-0.15, -0.1) is 0 Å². The quantitative estimate of drug-likeness (QED) is 0.700. The summed E-state index contributed by atoms with van der Waals surface area (Å²) in [5.74, 6) is 0.884. The minimum atomic E-state index is -0.570. The number of phenolic OH excluding ortho intramolecular Hbond substituents is 1. The lowest BCUT2D eigenvalue weighted by atomic mass is 10.2. The first-order valence-electron chi connectivity index (χ1n) is 4.59. The molecule has 0 saturated heterocycles. The van der Waals surface area contributed by atoms with Gasteiger partial charge in [-0.25, -0.2) is 0 Å². The number of ether oxygens (including phenoxy) is 1. The predicted octanol–water partition coefficient (Wildman–Crippen LogP) is 0.929. The van der Waals surface area contributed by atoms with E-state index in [9.17, 15) is 10.2 Å². The molecule has 4 heteroatoms. The van der Waals surface area contributed by atoms with E-state index in [1.807, 2.05) is 0 Å². The summed E-state index contributed by atoms with van der Waals surface area (Å²) in [6, 6.07) is 4.88. The molecule has 0 radical (unpaired) electrons. The van der Waals surface area contributed by atoms with E-state index in [4.69, 9.17) is 4.74 Å². The average Bonchev–Trinajstić information content (AvgIpc) is 2.16. The van der Waals surface area contributed by atoms with E-state index in [1.165, 1.54) is 0 Å². The molecule has 0 fully saturated rings. The van der Waals surface area contributed by atoms with Gasteiger partial charge in [0.1, 0.15) is 24.3 Å². The molecule has 14 heavy (non-hydrogen) atoms. The van der Waals surface area contributed by atoms with E-state index < -0.39 is 6.23 Å². The SMILES string of the molecule is CC(O)N1CCOc2ccc(O)cc21. The van der Waals surface area contributed by atoms with E-state index in [0.717, 1.165) is 5.69 Å². The van der Waals surface area contributed by atoms with E-state index in [-0.39, 0.29) is 5.75 Å². The summed E-state index contributed by atoms with van der Waals surface area (Å²) in [4.78, 5) is 1.79. The lowest BCUT2D eigenvalue weighted by molar-refractivity contribution is 0.171. The number of anilines is 1. The zero-order valence-corrected chi connectivity index (χ0v) is 7.97. The number of benzene rings is 1. The van der Waals surface area contributed by atoms with Crippen LogP contribution in [0.2, 0.25) is 0 Å². The van der Waals surface area contributed by atoms with E-state index in [2.05, 4.69) is 0 Å². The number of hydrogen-bond donors (Lipinski definition) is 2. The molecule has 1 aliphatic rings. The Morgan fingerprint density at radius 3 is 3.00 bits per heavy atom. The number of fused-ring (bicyclic) bond motifs is 1. The van der Waals surface area contributed by atoms with Gasteiger partial charge < -0.3 is 19.8 Å². The van der Waals surface area contributed by atoms with Crippen LogP contribution in [0.5, 0.6) is 11.5 Å². The molecular weight excluding hydrogens is 182 g/mol. The monoisotopic (exact) mass is 195 g/mol. The smallest absolute Gasteiger partial charge is 0.143 e. The van der Waals surface area contributed by atoms with Crippen LogP contribution in [0.15, 0.2) is 18.2 Å². The zero-order chi connectivity index (χ0) is 10.1. The highest BCUT2D eigenvalue weighted by Gasteiger charge is 2.21. The van der Waals surface area contributed by atoms with Crippen LogP contribution in [0.3, 0.4) is 0 Å². The second-order valence-corrected chi connectivity index (χ2v) is 3.33. The summed E-state index contributed by atoms with van der Waals surface area (Å²) in [6.45, 7) is 2.88. The van der Waals surface area contributed by atoms with Crippen LogP contribution >= 0.6 is 0 Å². The molecule has 76 valence electrons. The predicted molar refractivity (Wildman–Crippen MR) is 52.6 cm³/mol. The van der Waals surface area contributed by atoms with Crippen molar-refractivity contribution < 1.29 is 14.9 Å². The van der Waals surface area contributed by atoms with Crippen LogP contribution in [0.25, 0.3) is 0 Å². The lowest BCUT2D eigenvalue weighted by Gasteiger charge is -2.33. The molecule has 2 rings (SSSR count). The molecule has 0 bridgehead atoms. The van der Waals surface area contributed by atoms with Gasteiger partial charge in [-0.3, -0.25) is 0 Å². The van der Waals surface area contributed by atoms with E-state index in [0.29, 0.717) is 18.9 Å². The molecule has 1 aromatic carbocycles. The zero-order valence-electron chi connectivity index (χ0n) is 7.97. The molecule has 1 atom stereocenters. The van der Waals surface area contributed by atoms with Gasteiger partial charge in [-0.1, -0.05) is 0 Å². The van der Waals surface area contributed by atoms with Gasteiger partial charge in [-0.2, -0.15) is 0 Å². The van der Waals surface area contributed by atoms with Gasteiger partial charge in [0.05, 0.1) is 12.2 Å². The van der Waals surface area contributed by atoms with Crippen molar-refractivity contribution in [1.29, 1.82) is 0 Å². The number of hydrogen-bond acceptors (Lipinski definition) is 4. The summed E-state index contributed by atoms with van der Waals surface area (Å²) < 4.78 is 5.39. The van der Waals surface area contributed by atoms with Crippen molar-refractivity contribution in [1.82, 2.24) is 0 Å². The molecule has 0 aromatic heterocycles. The first-order chi connectivity index (χ1) is 6.68. The fraction of sp³-hybridized carbons (Fsp3) is 0.400. The van der Waals surface area contributed by atoms with Crippen LogP contribution < -0.4 is 9.64 Å². The molecule has 0 aliphatic carbocycles. The highest BCUT2D eigenvalue weighted by molar-refractivity contribution is 5.62. The van der Waals surface area contributed by atoms with Crippen LogP contribution in [0, 0.1) is 0 Å². The third-order valence-electron chi connectivity index (χ3n) is 2.29. The Bertz CT molecular complexity index is 338. The summed E-state index contributed by atoms with van der Waals surface area (Å²) >= 11 is 0. The number of aliphatic hydroxyl groups excluding tert-OH is 1. The van der Waals surface area contributed by atoms with Crippen LogP contribution in [0.4, 0.5) is 5.69 Å². The number of aliphatic hydroxyl groups is 1. The highest BCUT2D eigenvalue weighted by Crippen LogP contribution is 2.35. The second kappa shape index (κ2) is 3.38. The molecule has 0 amide bonds. The van der Waals surface area contributed by atoms with Gasteiger partial charge in [0.2, 0.25) is 0 Å². The van der Waals surface area contributed by atoms with Crippen molar-refractivity contribution in [3.05, 3.63) is 18.2 Å². The molecule has 2 N–H and O–H groups in total. The van der Waals surface area contributed by atoms with Crippen molar-refractivity contribution in [3.63, 3.8) is 0 Å². The normalized spacial score (nSPS) is 17.1. The molecule has 1 unspecified atom stereocenters. The Morgan fingerprint density at radius 1 is 1.50 bits per heavy atom. The van der Waals surface area contributed by atoms with E-state index >= 15 is 0 Å². The van der Waals surface area contributed by atoms with Gasteiger partial charge in [0, 0.05) is 6.07 Å². The average molecular weight is 195 g/mol. The fourth-order valence-corrected chi connectivity index (χ4v) is 1.61. The van der Waals surface area contributed by atoms with Crippen LogP contribution in [0.1, 0.15) is 6.92 Å².